The van der Waals surface area contributed by atoms with E-state index >= 15 is 0 Å². The van der Waals surface area contributed by atoms with Crippen molar-refractivity contribution in [2.45, 2.75) is 6.42 Å². The molecule has 126 valence electrons. The van der Waals surface area contributed by atoms with Crippen molar-refractivity contribution < 1.29 is 13.2 Å². The van der Waals surface area contributed by atoms with Crippen LogP contribution in [-0.2, 0) is 10.2 Å². The number of nitrogens with zero attached hydrogens (tertiary/aromatic N) is 4. The summed E-state index contributed by atoms with van der Waals surface area (Å²) >= 11 is 0. The van der Waals surface area contributed by atoms with Gasteiger partial charge < -0.3 is 9.64 Å². The third-order valence-electron chi connectivity index (χ3n) is 3.92. The van der Waals surface area contributed by atoms with E-state index in [0.717, 1.165) is 11.4 Å². The standard InChI is InChI=1S/C15H22N4O3S/c1-17(8-4-7-16)23(20,21)19-11-9-18(10-12-19)14-5-3-6-15(13-14)22-2/h3,5-6,13H,4,8-12H2,1-2H3. The van der Waals surface area contributed by atoms with Crippen LogP contribution in [0.4, 0.5) is 5.69 Å². The minimum atomic E-state index is -3.49. The lowest BCUT2D eigenvalue weighted by atomic mass is 10.2. The molecule has 0 amide bonds. The molecule has 0 saturated carbocycles. The van der Waals surface area contributed by atoms with Gasteiger partial charge in [-0.25, -0.2) is 0 Å². The molecule has 0 aliphatic carbocycles. The molecular weight excluding hydrogens is 316 g/mol. The average Bonchev–Trinajstić information content (AvgIpc) is 2.59. The van der Waals surface area contributed by atoms with Gasteiger partial charge in [0.05, 0.1) is 13.2 Å². The maximum Gasteiger partial charge on any atom is 0.281 e. The molecule has 1 aliphatic rings. The molecule has 0 unspecified atom stereocenters. The maximum absolute atomic E-state index is 12.4. The molecule has 7 nitrogen and oxygen atoms in total. The minimum Gasteiger partial charge on any atom is -0.497 e. The van der Waals surface area contributed by atoms with Crippen LogP contribution in [0, 0.1) is 11.3 Å². The molecule has 0 spiro atoms. The van der Waals surface area contributed by atoms with Gasteiger partial charge in [-0.15, -0.1) is 0 Å². The van der Waals surface area contributed by atoms with Gasteiger partial charge in [-0.05, 0) is 12.1 Å². The van der Waals surface area contributed by atoms with Crippen LogP contribution in [0.5, 0.6) is 5.75 Å². The number of piperazine rings is 1. The molecule has 1 aliphatic heterocycles. The Labute approximate surface area is 137 Å². The van der Waals surface area contributed by atoms with Crippen molar-refractivity contribution in [1.82, 2.24) is 8.61 Å². The van der Waals surface area contributed by atoms with Crippen molar-refractivity contribution in [1.29, 1.82) is 5.26 Å². The number of methoxy groups -OCH3 is 1. The van der Waals surface area contributed by atoms with Crippen LogP contribution < -0.4 is 9.64 Å². The lowest BCUT2D eigenvalue weighted by Gasteiger charge is -2.37. The van der Waals surface area contributed by atoms with Crippen molar-refractivity contribution in [2.75, 3.05) is 51.8 Å². The van der Waals surface area contributed by atoms with Crippen LogP contribution in [0.2, 0.25) is 0 Å². The highest BCUT2D eigenvalue weighted by atomic mass is 32.2. The van der Waals surface area contributed by atoms with Gasteiger partial charge in [0.2, 0.25) is 0 Å². The zero-order chi connectivity index (χ0) is 16.9. The highest BCUT2D eigenvalue weighted by Gasteiger charge is 2.30. The van der Waals surface area contributed by atoms with Gasteiger partial charge in [-0.1, -0.05) is 6.07 Å². The highest BCUT2D eigenvalue weighted by Crippen LogP contribution is 2.23. The predicted molar refractivity (Wildman–Crippen MR) is 88.6 cm³/mol. The van der Waals surface area contributed by atoms with Gasteiger partial charge in [-0.2, -0.15) is 22.3 Å². The molecule has 1 aromatic carbocycles. The summed E-state index contributed by atoms with van der Waals surface area (Å²) in [6.07, 6.45) is 0.194. The summed E-state index contributed by atoms with van der Waals surface area (Å²) in [5, 5.41) is 8.59. The van der Waals surface area contributed by atoms with E-state index in [1.165, 1.54) is 15.7 Å². The molecular formula is C15H22N4O3S. The largest absolute Gasteiger partial charge is 0.497 e. The molecule has 1 saturated heterocycles. The molecule has 1 fully saturated rings. The molecule has 2 rings (SSSR count). The molecule has 0 bridgehead atoms. The highest BCUT2D eigenvalue weighted by molar-refractivity contribution is 7.86. The Morgan fingerprint density at radius 1 is 1.30 bits per heavy atom. The smallest absolute Gasteiger partial charge is 0.281 e. The normalized spacial score (nSPS) is 16.3. The van der Waals surface area contributed by atoms with E-state index in [1.807, 2.05) is 30.3 Å². The molecule has 0 radical (unpaired) electrons. The van der Waals surface area contributed by atoms with Gasteiger partial charge in [0.25, 0.3) is 10.2 Å². The Balaban J connectivity index is 1.99. The first-order valence-electron chi connectivity index (χ1n) is 7.46. The van der Waals surface area contributed by atoms with Crippen molar-refractivity contribution in [3.05, 3.63) is 24.3 Å². The first-order valence-corrected chi connectivity index (χ1v) is 8.86. The van der Waals surface area contributed by atoms with Crippen LogP contribution in [0.15, 0.2) is 24.3 Å². The van der Waals surface area contributed by atoms with E-state index in [4.69, 9.17) is 10.00 Å². The van der Waals surface area contributed by atoms with E-state index in [9.17, 15) is 8.42 Å². The first-order chi connectivity index (χ1) is 11.0. The summed E-state index contributed by atoms with van der Waals surface area (Å²) in [5.74, 6) is 0.786. The fraction of sp³-hybridized carbons (Fsp3) is 0.533. The number of nitriles is 1. The maximum atomic E-state index is 12.4. The summed E-state index contributed by atoms with van der Waals surface area (Å²) in [7, 11) is -0.348. The summed E-state index contributed by atoms with van der Waals surface area (Å²) in [6.45, 7) is 2.32. The SMILES string of the molecule is COc1cccc(N2CCN(S(=O)(=O)N(C)CCC#N)CC2)c1. The van der Waals surface area contributed by atoms with Gasteiger partial charge in [-0.3, -0.25) is 0 Å². The van der Waals surface area contributed by atoms with E-state index in [1.54, 1.807) is 7.11 Å². The Morgan fingerprint density at radius 2 is 2.00 bits per heavy atom. The number of anilines is 1. The Morgan fingerprint density at radius 3 is 2.61 bits per heavy atom. The summed E-state index contributed by atoms with van der Waals surface area (Å²) in [5.41, 5.74) is 1.03. The second-order valence-corrected chi connectivity index (χ2v) is 7.36. The Hall–Kier alpha value is -1.82. The number of benzene rings is 1. The third kappa shape index (κ3) is 4.13. The molecule has 8 heteroatoms. The third-order valence-corrected chi connectivity index (χ3v) is 5.90. The number of hydrogen-bond acceptors (Lipinski definition) is 5. The van der Waals surface area contributed by atoms with E-state index in [2.05, 4.69) is 4.90 Å². The predicted octanol–water partition coefficient (Wildman–Crippen LogP) is 0.907. The van der Waals surface area contributed by atoms with Crippen LogP contribution in [0.1, 0.15) is 6.42 Å². The fourth-order valence-electron chi connectivity index (χ4n) is 2.50. The first kappa shape index (κ1) is 17.5. The van der Waals surface area contributed by atoms with Crippen molar-refractivity contribution in [3.8, 4) is 11.8 Å². The monoisotopic (exact) mass is 338 g/mol. The van der Waals surface area contributed by atoms with Crippen molar-refractivity contribution >= 4 is 15.9 Å². The van der Waals surface area contributed by atoms with Crippen molar-refractivity contribution in [2.24, 2.45) is 0 Å². The summed E-state index contributed by atoms with van der Waals surface area (Å²) in [6, 6.07) is 9.71. The number of ether oxygens (including phenoxy) is 1. The van der Waals surface area contributed by atoms with Crippen molar-refractivity contribution in [3.63, 3.8) is 0 Å². The van der Waals surface area contributed by atoms with Crippen LogP contribution >= 0.6 is 0 Å². The van der Waals surface area contributed by atoms with E-state index < -0.39 is 10.2 Å². The lowest BCUT2D eigenvalue weighted by molar-refractivity contribution is 0.344. The lowest BCUT2D eigenvalue weighted by Crippen LogP contribution is -2.52. The van der Waals surface area contributed by atoms with Gasteiger partial charge >= 0.3 is 0 Å². The summed E-state index contributed by atoms with van der Waals surface area (Å²) < 4.78 is 32.8. The fourth-order valence-corrected chi connectivity index (χ4v) is 3.85. The van der Waals surface area contributed by atoms with Gasteiger partial charge in [0, 0.05) is 57.9 Å². The molecule has 23 heavy (non-hydrogen) atoms. The van der Waals surface area contributed by atoms with Gasteiger partial charge in [0.15, 0.2) is 0 Å². The second-order valence-electron chi connectivity index (χ2n) is 5.33. The molecule has 1 aromatic rings. The topological polar surface area (TPSA) is 76.9 Å². The quantitative estimate of drug-likeness (QED) is 0.770. The van der Waals surface area contributed by atoms with E-state index in [-0.39, 0.29) is 13.0 Å². The minimum absolute atomic E-state index is 0.194. The Kier molecular flexibility index (Phi) is 5.82. The van der Waals surface area contributed by atoms with E-state index in [0.29, 0.717) is 26.2 Å². The summed E-state index contributed by atoms with van der Waals surface area (Å²) in [4.78, 5) is 2.14. The zero-order valence-electron chi connectivity index (χ0n) is 13.5. The molecule has 0 N–H and O–H groups in total. The van der Waals surface area contributed by atoms with Gasteiger partial charge in [0.1, 0.15) is 5.75 Å². The number of rotatable bonds is 6. The van der Waals surface area contributed by atoms with Crippen LogP contribution in [0.25, 0.3) is 0 Å². The van der Waals surface area contributed by atoms with Crippen LogP contribution in [0.3, 0.4) is 0 Å². The average molecular weight is 338 g/mol. The second kappa shape index (κ2) is 7.64. The zero-order valence-corrected chi connectivity index (χ0v) is 14.3. The Bertz CT molecular complexity index is 664. The molecule has 1 heterocycles. The molecule has 0 atom stereocenters. The van der Waals surface area contributed by atoms with Crippen LogP contribution in [-0.4, -0.2) is 63.9 Å². The molecule has 0 aromatic heterocycles. The number of hydrogen-bond donors (Lipinski definition) is 0.